The molecule has 29 nitrogen and oxygen atoms in total. The molecule has 0 spiro atoms. The van der Waals surface area contributed by atoms with Gasteiger partial charge in [-0.3, -0.25) is 63.3 Å². The first-order valence-electron chi connectivity index (χ1n) is 31.1. The molecule has 504 valence electrons. The van der Waals surface area contributed by atoms with Gasteiger partial charge in [-0.2, -0.15) is 4.99 Å². The number of rotatable bonds is 36. The van der Waals surface area contributed by atoms with Crippen LogP contribution < -0.4 is 53.6 Å². The Labute approximate surface area is 540 Å². The summed E-state index contributed by atoms with van der Waals surface area (Å²) in [6.45, 7) is 5.23. The number of aldehydes is 1. The van der Waals surface area contributed by atoms with Gasteiger partial charge in [0.25, 0.3) is 11.8 Å². The zero-order chi connectivity index (χ0) is 67.3. The topological polar surface area (TPSA) is 411 Å². The third-order valence-corrected chi connectivity index (χ3v) is 15.0. The normalized spacial score (nSPS) is 14.7. The third kappa shape index (κ3) is 28.7. The Balaban J connectivity index is 1.06. The number of urea groups is 1. The number of phenolic OH excluding ortho intramolecular Hbond substituents is 1. The number of aromatic hydroxyl groups is 1. The molecule has 1 saturated heterocycles. The largest absolute Gasteiger partial charge is 0.508 e. The van der Waals surface area contributed by atoms with Gasteiger partial charge in [0, 0.05) is 121 Å². The summed E-state index contributed by atoms with van der Waals surface area (Å²) < 4.78 is 0. The Bertz CT molecular complexity index is 3040. The molecule has 1 aliphatic heterocycles. The van der Waals surface area contributed by atoms with E-state index in [4.69, 9.17) is 5.73 Å². The van der Waals surface area contributed by atoms with Crippen LogP contribution in [0.2, 0.25) is 0 Å². The van der Waals surface area contributed by atoms with E-state index in [1.165, 1.54) is 12.1 Å². The number of amides is 7. The minimum absolute atomic E-state index is 0.0761. The second kappa shape index (κ2) is 41.0. The van der Waals surface area contributed by atoms with Crippen molar-refractivity contribution < 1.29 is 68.4 Å². The highest BCUT2D eigenvalue weighted by Crippen LogP contribution is 2.27. The van der Waals surface area contributed by atoms with Crippen molar-refractivity contribution in [2.75, 3.05) is 123 Å². The molecule has 0 bridgehead atoms. The van der Waals surface area contributed by atoms with Crippen molar-refractivity contribution in [1.82, 2.24) is 62.1 Å². The summed E-state index contributed by atoms with van der Waals surface area (Å²) in [6.07, 6.45) is 2.51. The van der Waals surface area contributed by atoms with Crippen molar-refractivity contribution in [2.24, 2.45) is 10.7 Å². The summed E-state index contributed by atoms with van der Waals surface area (Å²) >= 11 is 0. The molecule has 1 heterocycles. The number of anilines is 1. The molecule has 0 aliphatic carbocycles. The number of nitrogens with zero attached hydrogens (tertiary/aromatic N) is 5. The average molecular weight is 1290 g/mol. The van der Waals surface area contributed by atoms with Gasteiger partial charge >= 0.3 is 23.9 Å². The highest BCUT2D eigenvalue weighted by atomic mass is 16.4. The number of nitrogens with two attached hydrogens (primary N) is 1. The standard InChI is InChI=1S/C64H89N15O14/c1-2-54(82)68-30-31-72-64(93)75-63(65)71-27-8-12-52(61(91)73-40-45-13-23-51(81)24-14-45)74-62(92)58(46-10-4-3-5-11-46)47-19-21-50(22-20-47)66-28-9-29-70-60(90)49-17-15-48(16-18-49)59(89)69-26-7-6-25-67-53(44-80)79-38-36-77(42-56(85)86)34-32-76(41-55(83)84)33-35-78(37-39-79)43-57(87)88/h3-5,10-11,13-24,44,52-53,58,66-67,81H,2,6-9,12,25-43H2,1H3,(H,68,82)(H,69,89)(H,70,90)(H,73,91)(H,74,92)(H,83,84)(H,85,86)(H,87,88)(H4,65,71,72,75,93)/t52-,53?,58-/m1/s1. The highest BCUT2D eigenvalue weighted by Gasteiger charge is 2.29. The van der Waals surface area contributed by atoms with Gasteiger partial charge in [-0.25, -0.2) is 4.79 Å². The molecule has 1 fully saturated rings. The van der Waals surface area contributed by atoms with Crippen LogP contribution in [0.1, 0.15) is 88.8 Å². The van der Waals surface area contributed by atoms with Crippen molar-refractivity contribution >= 4 is 71.4 Å². The molecule has 1 unspecified atom stereocenters. The Morgan fingerprint density at radius 1 is 0.548 bits per heavy atom. The van der Waals surface area contributed by atoms with Crippen LogP contribution in [0.5, 0.6) is 5.75 Å². The van der Waals surface area contributed by atoms with Crippen molar-refractivity contribution in [3.8, 4) is 5.75 Å². The number of aliphatic imine (C=N–C) groups is 1. The predicted octanol–water partition coefficient (Wildman–Crippen LogP) is 0.578. The van der Waals surface area contributed by atoms with Crippen LogP contribution in [0, 0.1) is 0 Å². The Morgan fingerprint density at radius 3 is 1.61 bits per heavy atom. The highest BCUT2D eigenvalue weighted by molar-refractivity contribution is 5.98. The maximum atomic E-state index is 14.4. The quantitative estimate of drug-likeness (QED) is 0.0128. The lowest BCUT2D eigenvalue weighted by molar-refractivity contribution is -0.140. The van der Waals surface area contributed by atoms with Crippen LogP contribution in [-0.4, -0.2) is 236 Å². The van der Waals surface area contributed by atoms with Gasteiger partial charge in [-0.15, -0.1) is 0 Å². The lowest BCUT2D eigenvalue weighted by Gasteiger charge is -2.35. The lowest BCUT2D eigenvalue weighted by Crippen LogP contribution is -2.54. The lowest BCUT2D eigenvalue weighted by atomic mass is 9.90. The van der Waals surface area contributed by atoms with Crippen LogP contribution in [0.15, 0.2) is 108 Å². The van der Waals surface area contributed by atoms with E-state index in [-0.39, 0.29) is 134 Å². The van der Waals surface area contributed by atoms with Gasteiger partial charge < -0.3 is 73.5 Å². The number of benzene rings is 4. The fourth-order valence-electron chi connectivity index (χ4n) is 9.94. The van der Waals surface area contributed by atoms with Crippen LogP contribution in [0.4, 0.5) is 10.5 Å². The first-order chi connectivity index (χ1) is 44.8. The number of carboxylic acids is 3. The van der Waals surface area contributed by atoms with Crippen LogP contribution in [0.3, 0.4) is 0 Å². The van der Waals surface area contributed by atoms with Gasteiger partial charge in [-0.1, -0.05) is 61.5 Å². The zero-order valence-electron chi connectivity index (χ0n) is 52.5. The molecule has 7 amide bonds. The Hall–Kier alpha value is -9.55. The van der Waals surface area contributed by atoms with Gasteiger partial charge in [0.05, 0.1) is 25.6 Å². The second-order valence-corrected chi connectivity index (χ2v) is 22.1. The van der Waals surface area contributed by atoms with E-state index in [0.717, 1.165) is 17.5 Å². The molecule has 1 aliphatic rings. The summed E-state index contributed by atoms with van der Waals surface area (Å²) in [7, 11) is 0. The molecule has 5 rings (SSSR count). The number of phenols is 1. The van der Waals surface area contributed by atoms with Crippen LogP contribution in [0.25, 0.3) is 0 Å². The van der Waals surface area contributed by atoms with E-state index in [2.05, 4.69) is 52.8 Å². The second-order valence-electron chi connectivity index (χ2n) is 22.1. The van der Waals surface area contributed by atoms with E-state index in [1.807, 2.05) is 59.5 Å². The molecule has 29 heteroatoms. The zero-order valence-corrected chi connectivity index (χ0v) is 52.5. The monoisotopic (exact) mass is 1290 g/mol. The van der Waals surface area contributed by atoms with Gasteiger partial charge in [0.15, 0.2) is 12.2 Å². The SMILES string of the molecule is CCC(=O)NCCNC(=O)/N=C(/N)NCCC[C@@H](NC(=O)[C@H](c1ccccc1)c1ccc(NCCCNC(=O)c2ccc(C(=O)NCCCCNC(C=O)N3CCN(CC(=O)O)CCN(CC(=O)O)CCN(CC(=O)O)CC3)cc2)cc1)C(=O)NCc1ccc(O)cc1. The van der Waals surface area contributed by atoms with E-state index in [1.54, 1.807) is 58.0 Å². The van der Waals surface area contributed by atoms with E-state index < -0.39 is 53.9 Å². The van der Waals surface area contributed by atoms with Crippen molar-refractivity contribution in [3.63, 3.8) is 0 Å². The third-order valence-electron chi connectivity index (χ3n) is 15.0. The molecular formula is C64H89N15O14. The van der Waals surface area contributed by atoms with E-state index in [0.29, 0.717) is 80.5 Å². The van der Waals surface area contributed by atoms with Crippen LogP contribution >= 0.6 is 0 Å². The Morgan fingerprint density at radius 2 is 1.06 bits per heavy atom. The van der Waals surface area contributed by atoms with Crippen molar-refractivity contribution in [3.05, 3.63) is 131 Å². The van der Waals surface area contributed by atoms with E-state index >= 15 is 0 Å². The fourth-order valence-corrected chi connectivity index (χ4v) is 9.94. The first kappa shape index (κ1) is 74.2. The first-order valence-corrected chi connectivity index (χ1v) is 31.1. The van der Waals surface area contributed by atoms with Gasteiger partial charge in [-0.05, 0) is 104 Å². The number of guanidine groups is 1. The summed E-state index contributed by atoms with van der Waals surface area (Å²) in [5.74, 6) is -5.70. The number of carbonyl (C=O) groups is 10. The number of nitrogens with one attached hydrogen (secondary N) is 9. The van der Waals surface area contributed by atoms with Crippen molar-refractivity contribution in [1.29, 1.82) is 0 Å². The Kier molecular flexibility index (Phi) is 32.7. The molecule has 0 radical (unpaired) electrons. The van der Waals surface area contributed by atoms with Crippen LogP contribution in [-0.2, 0) is 40.1 Å². The number of carboxylic acid groups (broad SMARTS) is 3. The molecule has 15 N–H and O–H groups in total. The molecule has 0 saturated carbocycles. The summed E-state index contributed by atoms with van der Waals surface area (Å²) in [5, 5.41) is 64.5. The molecule has 0 aromatic heterocycles. The maximum absolute atomic E-state index is 14.4. The van der Waals surface area contributed by atoms with E-state index in [9.17, 15) is 68.4 Å². The summed E-state index contributed by atoms with van der Waals surface area (Å²) in [6, 6.07) is 27.4. The van der Waals surface area contributed by atoms with Gasteiger partial charge in [0.1, 0.15) is 18.0 Å². The fraction of sp³-hybridized carbons (Fsp3) is 0.453. The smallest absolute Gasteiger partial charge is 0.344 e. The summed E-state index contributed by atoms with van der Waals surface area (Å²) in [4.78, 5) is 136. The number of unbranched alkanes of at least 4 members (excludes halogenated alkanes) is 1. The molecule has 93 heavy (non-hydrogen) atoms. The average Bonchev–Trinajstić information content (AvgIpc) is 0.876. The predicted molar refractivity (Wildman–Crippen MR) is 347 cm³/mol. The molecule has 4 aromatic carbocycles. The number of hydrogen-bond donors (Lipinski definition) is 14. The minimum Gasteiger partial charge on any atom is -0.508 e. The molecule has 4 aromatic rings. The maximum Gasteiger partial charge on any atom is 0.344 e. The molecule has 3 atom stereocenters. The van der Waals surface area contributed by atoms with Crippen molar-refractivity contribution in [2.45, 2.75) is 70.1 Å². The number of aliphatic carboxylic acids is 3. The van der Waals surface area contributed by atoms with Gasteiger partial charge in [0.2, 0.25) is 17.7 Å². The number of carbonyl (C=O) groups excluding carboxylic acids is 7. The number of hydrogen-bond acceptors (Lipinski definition) is 17. The minimum atomic E-state index is -1.05. The molecular weight excluding hydrogens is 1200 g/mol. The summed E-state index contributed by atoms with van der Waals surface area (Å²) in [5.41, 5.74) is 9.52.